The number of benzene rings is 1. The first-order valence-corrected chi connectivity index (χ1v) is 8.34. The van der Waals surface area contributed by atoms with Crippen LogP contribution in [0, 0.1) is 0 Å². The maximum absolute atomic E-state index is 6.11. The van der Waals surface area contributed by atoms with E-state index in [1.807, 2.05) is 12.1 Å². The van der Waals surface area contributed by atoms with Crippen LogP contribution in [0.5, 0.6) is 0 Å². The Labute approximate surface area is 133 Å². The Bertz CT molecular complexity index is 410. The summed E-state index contributed by atoms with van der Waals surface area (Å²) in [5.41, 5.74) is 1.29. The van der Waals surface area contributed by atoms with Gasteiger partial charge in [0.1, 0.15) is 0 Å². The molecule has 4 heteroatoms. The van der Waals surface area contributed by atoms with Gasteiger partial charge in [0.05, 0.1) is 12.2 Å². The molecule has 1 aromatic rings. The van der Waals surface area contributed by atoms with Crippen LogP contribution in [0.1, 0.15) is 31.7 Å². The number of nitrogens with zero attached hydrogens (tertiary/aromatic N) is 1. The van der Waals surface area contributed by atoms with Crippen molar-refractivity contribution in [2.45, 2.75) is 44.9 Å². The van der Waals surface area contributed by atoms with Gasteiger partial charge < -0.3 is 10.1 Å². The predicted molar refractivity (Wildman–Crippen MR) is 88.8 cm³/mol. The summed E-state index contributed by atoms with van der Waals surface area (Å²) in [6, 6.07) is 8.08. The van der Waals surface area contributed by atoms with Gasteiger partial charge in [-0.25, -0.2) is 0 Å². The van der Waals surface area contributed by atoms with Crippen molar-refractivity contribution in [3.05, 3.63) is 34.9 Å². The molecule has 1 aliphatic heterocycles. The van der Waals surface area contributed by atoms with E-state index in [2.05, 4.69) is 36.3 Å². The molecule has 1 heterocycles. The molecular formula is C17H27ClN2O. The van der Waals surface area contributed by atoms with E-state index < -0.39 is 0 Å². The van der Waals surface area contributed by atoms with E-state index in [0.717, 1.165) is 31.2 Å². The smallest absolute Gasteiger partial charge is 0.0707 e. The number of rotatable bonds is 8. The minimum atomic E-state index is 0.371. The molecule has 0 bridgehead atoms. The Morgan fingerprint density at radius 3 is 2.67 bits per heavy atom. The zero-order chi connectivity index (χ0) is 15.1. The van der Waals surface area contributed by atoms with Crippen molar-refractivity contribution in [1.29, 1.82) is 0 Å². The first-order chi connectivity index (χ1) is 10.2. The second kappa shape index (κ2) is 8.74. The number of likely N-dealkylation sites (N-methyl/N-ethyl adjacent to an activating group) is 1. The molecule has 1 fully saturated rings. The lowest BCUT2D eigenvalue weighted by Gasteiger charge is -2.21. The van der Waals surface area contributed by atoms with Crippen molar-refractivity contribution in [2.75, 3.05) is 26.7 Å². The molecule has 2 unspecified atom stereocenters. The topological polar surface area (TPSA) is 24.5 Å². The molecule has 3 nitrogen and oxygen atoms in total. The molecule has 1 N–H and O–H groups in total. The molecule has 0 radical (unpaired) electrons. The zero-order valence-corrected chi connectivity index (χ0v) is 13.9. The third-order valence-corrected chi connectivity index (χ3v) is 4.13. The summed E-state index contributed by atoms with van der Waals surface area (Å²) in [6.45, 7) is 6.20. The Hall–Kier alpha value is -0.610. The van der Waals surface area contributed by atoms with Crippen molar-refractivity contribution in [2.24, 2.45) is 0 Å². The van der Waals surface area contributed by atoms with Gasteiger partial charge in [-0.05, 0) is 50.6 Å². The molecule has 0 aromatic heterocycles. The quantitative estimate of drug-likeness (QED) is 0.746. The summed E-state index contributed by atoms with van der Waals surface area (Å²) in [5, 5.41) is 4.24. The van der Waals surface area contributed by atoms with Crippen LogP contribution in [-0.2, 0) is 11.3 Å². The molecule has 118 valence electrons. The van der Waals surface area contributed by atoms with Crippen LogP contribution in [0.25, 0.3) is 0 Å². The fourth-order valence-electron chi connectivity index (χ4n) is 2.82. The molecule has 21 heavy (non-hydrogen) atoms. The molecule has 0 saturated carbocycles. The van der Waals surface area contributed by atoms with Gasteiger partial charge in [-0.15, -0.1) is 0 Å². The first-order valence-electron chi connectivity index (χ1n) is 7.96. The lowest BCUT2D eigenvalue weighted by Crippen LogP contribution is -2.31. The van der Waals surface area contributed by atoms with Gasteiger partial charge in [-0.2, -0.15) is 0 Å². The summed E-state index contributed by atoms with van der Waals surface area (Å²) in [5.74, 6) is 0. The van der Waals surface area contributed by atoms with Gasteiger partial charge in [0.15, 0.2) is 0 Å². The van der Waals surface area contributed by atoms with E-state index >= 15 is 0 Å². The van der Waals surface area contributed by atoms with E-state index in [1.165, 1.54) is 24.8 Å². The number of halogens is 1. The maximum atomic E-state index is 6.11. The van der Waals surface area contributed by atoms with Crippen molar-refractivity contribution in [1.82, 2.24) is 10.2 Å². The lowest BCUT2D eigenvalue weighted by molar-refractivity contribution is 0.0268. The number of hydrogen-bond acceptors (Lipinski definition) is 3. The molecule has 1 aromatic carbocycles. The van der Waals surface area contributed by atoms with Gasteiger partial charge in [0.2, 0.25) is 0 Å². The van der Waals surface area contributed by atoms with Crippen LogP contribution in [0.2, 0.25) is 5.02 Å². The Morgan fingerprint density at radius 1 is 1.24 bits per heavy atom. The van der Waals surface area contributed by atoms with Gasteiger partial charge >= 0.3 is 0 Å². The molecule has 2 rings (SSSR count). The van der Waals surface area contributed by atoms with Crippen LogP contribution < -0.4 is 5.32 Å². The predicted octanol–water partition coefficient (Wildman–Crippen LogP) is 3.32. The highest BCUT2D eigenvalue weighted by Gasteiger charge is 2.25. The van der Waals surface area contributed by atoms with Gasteiger partial charge in [-0.1, -0.05) is 30.7 Å². The van der Waals surface area contributed by atoms with Crippen LogP contribution >= 0.6 is 11.6 Å². The van der Waals surface area contributed by atoms with Crippen molar-refractivity contribution >= 4 is 11.6 Å². The van der Waals surface area contributed by atoms with Crippen molar-refractivity contribution in [3.63, 3.8) is 0 Å². The highest BCUT2D eigenvalue weighted by Crippen LogP contribution is 2.20. The second-order valence-electron chi connectivity index (χ2n) is 5.98. The molecule has 2 atom stereocenters. The summed E-state index contributed by atoms with van der Waals surface area (Å²) in [7, 11) is 2.15. The highest BCUT2D eigenvalue weighted by atomic mass is 35.5. The lowest BCUT2D eigenvalue weighted by atomic mass is 10.1. The molecule has 0 amide bonds. The van der Waals surface area contributed by atoms with E-state index in [-0.39, 0.29) is 0 Å². The molecule has 1 aliphatic rings. The Morgan fingerprint density at radius 2 is 1.95 bits per heavy atom. The fraction of sp³-hybridized carbons (Fsp3) is 0.647. The Kier molecular flexibility index (Phi) is 6.97. The van der Waals surface area contributed by atoms with Crippen LogP contribution in [0.15, 0.2) is 24.3 Å². The van der Waals surface area contributed by atoms with E-state index in [1.54, 1.807) is 0 Å². The van der Waals surface area contributed by atoms with Crippen LogP contribution in [-0.4, -0.2) is 43.8 Å². The van der Waals surface area contributed by atoms with E-state index in [0.29, 0.717) is 12.2 Å². The molecule has 0 spiro atoms. The standard InChI is InChI=1S/C17H27ClN2O/c1-3-10-19-11-16-8-9-17(21-16)13-20(2)12-14-4-6-15(18)7-5-14/h4-7,16-17,19H,3,8-13H2,1-2H3. The van der Waals surface area contributed by atoms with E-state index in [9.17, 15) is 0 Å². The Balaban J connectivity index is 1.68. The average molecular weight is 311 g/mol. The zero-order valence-electron chi connectivity index (χ0n) is 13.1. The molecule has 1 saturated heterocycles. The van der Waals surface area contributed by atoms with Gasteiger partial charge in [0.25, 0.3) is 0 Å². The SMILES string of the molecule is CCCNCC1CCC(CN(C)Cc2ccc(Cl)cc2)O1. The minimum Gasteiger partial charge on any atom is -0.372 e. The van der Waals surface area contributed by atoms with Crippen molar-refractivity contribution in [3.8, 4) is 0 Å². The summed E-state index contributed by atoms with van der Waals surface area (Å²) in [4.78, 5) is 2.33. The van der Waals surface area contributed by atoms with Gasteiger partial charge in [-0.3, -0.25) is 4.90 Å². The number of nitrogens with one attached hydrogen (secondary N) is 1. The fourth-order valence-corrected chi connectivity index (χ4v) is 2.94. The number of ether oxygens (including phenoxy) is 1. The van der Waals surface area contributed by atoms with Crippen molar-refractivity contribution < 1.29 is 4.74 Å². The normalized spacial score (nSPS) is 22.1. The molecular weight excluding hydrogens is 284 g/mol. The minimum absolute atomic E-state index is 0.371. The first kappa shape index (κ1) is 16.8. The third kappa shape index (κ3) is 5.95. The largest absolute Gasteiger partial charge is 0.372 e. The number of hydrogen-bond donors (Lipinski definition) is 1. The van der Waals surface area contributed by atoms with Gasteiger partial charge in [0, 0.05) is 24.7 Å². The summed E-state index contributed by atoms with van der Waals surface area (Å²) >= 11 is 5.91. The van der Waals surface area contributed by atoms with E-state index in [4.69, 9.17) is 16.3 Å². The van der Waals surface area contributed by atoms with Crippen LogP contribution in [0.4, 0.5) is 0 Å². The second-order valence-corrected chi connectivity index (χ2v) is 6.42. The monoisotopic (exact) mass is 310 g/mol. The summed E-state index contributed by atoms with van der Waals surface area (Å²) in [6.07, 6.45) is 4.29. The van der Waals surface area contributed by atoms with Crippen LogP contribution in [0.3, 0.4) is 0 Å². The third-order valence-electron chi connectivity index (χ3n) is 3.88. The maximum Gasteiger partial charge on any atom is 0.0707 e. The average Bonchev–Trinajstić information content (AvgIpc) is 2.89. The highest BCUT2D eigenvalue weighted by molar-refractivity contribution is 6.30. The summed E-state index contributed by atoms with van der Waals surface area (Å²) < 4.78 is 6.11. The molecule has 0 aliphatic carbocycles.